The Labute approximate surface area is 219 Å². The molecule has 0 amide bonds. The molecule has 0 aliphatic rings. The zero-order valence-corrected chi connectivity index (χ0v) is 21.3. The fraction of sp³-hybridized carbons (Fsp3) is 0.0476. The predicted molar refractivity (Wildman–Crippen MR) is 141 cm³/mol. The van der Waals surface area contributed by atoms with Gasteiger partial charge in [0.1, 0.15) is 18.0 Å². The van der Waals surface area contributed by atoms with Crippen molar-refractivity contribution in [1.29, 1.82) is 0 Å². The van der Waals surface area contributed by atoms with Gasteiger partial charge in [-0.3, -0.25) is 25.7 Å². The molecule has 0 fully saturated rings. The number of nitro benzene ring substituents is 2. The minimum Gasteiger partial charge on any atom is -0.487 e. The molecule has 0 bridgehead atoms. The monoisotopic (exact) mass is 688 g/mol. The first-order valence-corrected chi connectivity index (χ1v) is 11.5. The zero-order valence-electron chi connectivity index (χ0n) is 17.0. The molecule has 0 saturated carbocycles. The van der Waals surface area contributed by atoms with E-state index in [0.717, 1.165) is 24.8 Å². The van der Waals surface area contributed by atoms with Crippen LogP contribution in [0.25, 0.3) is 0 Å². The summed E-state index contributed by atoms with van der Waals surface area (Å²) in [7, 11) is 0. The van der Waals surface area contributed by atoms with Gasteiger partial charge in [-0.2, -0.15) is 5.10 Å². The van der Waals surface area contributed by atoms with Crippen molar-refractivity contribution in [2.75, 3.05) is 5.43 Å². The molecule has 0 spiro atoms. The molecule has 0 atom stereocenters. The number of aromatic carboxylic acids is 1. The van der Waals surface area contributed by atoms with Crippen LogP contribution in [0, 0.1) is 27.4 Å². The lowest BCUT2D eigenvalue weighted by atomic mass is 10.1. The first kappa shape index (κ1) is 25.3. The second-order valence-corrected chi connectivity index (χ2v) is 9.01. The van der Waals surface area contributed by atoms with E-state index in [1.54, 1.807) is 24.3 Å². The molecule has 0 unspecified atom stereocenters. The summed E-state index contributed by atoms with van der Waals surface area (Å²) in [6, 6.07) is 13.3. The highest BCUT2D eigenvalue weighted by Crippen LogP contribution is 2.30. The van der Waals surface area contributed by atoms with Crippen molar-refractivity contribution in [3.05, 3.63) is 98.7 Å². The lowest BCUT2D eigenvalue weighted by Gasteiger charge is -2.11. The summed E-state index contributed by atoms with van der Waals surface area (Å²) in [6.07, 6.45) is 1.46. The highest BCUT2D eigenvalue weighted by molar-refractivity contribution is 14.1. The van der Waals surface area contributed by atoms with Gasteiger partial charge in [-0.1, -0.05) is 12.1 Å². The number of hydrazone groups is 1. The third-order valence-corrected chi connectivity index (χ3v) is 5.99. The molecule has 0 aliphatic carbocycles. The number of benzene rings is 3. The van der Waals surface area contributed by atoms with Gasteiger partial charge in [0.15, 0.2) is 0 Å². The number of anilines is 1. The standard InChI is InChI=1S/C21H14I2N4O7/c22-16-7-13(10-24-25-18-6-5-15(26(30)31)9-19(18)27(32)33)8-17(23)20(16)34-11-12-1-3-14(4-2-12)21(28)29/h1-10,25H,11H2,(H,28,29)/b24-10-. The summed E-state index contributed by atoms with van der Waals surface area (Å²) >= 11 is 4.23. The number of carbonyl (C=O) groups is 1. The van der Waals surface area contributed by atoms with E-state index in [0.29, 0.717) is 11.3 Å². The summed E-state index contributed by atoms with van der Waals surface area (Å²) in [4.78, 5) is 31.6. The summed E-state index contributed by atoms with van der Waals surface area (Å²) in [5.74, 6) is -0.342. The summed E-state index contributed by atoms with van der Waals surface area (Å²) in [6.45, 7) is 0.255. The Bertz CT molecular complexity index is 1270. The second-order valence-electron chi connectivity index (χ2n) is 6.69. The van der Waals surface area contributed by atoms with E-state index >= 15 is 0 Å². The minimum atomic E-state index is -0.994. The molecule has 0 aliphatic heterocycles. The largest absolute Gasteiger partial charge is 0.487 e. The van der Waals surface area contributed by atoms with Crippen LogP contribution in [0.4, 0.5) is 17.1 Å². The summed E-state index contributed by atoms with van der Waals surface area (Å²) < 4.78 is 7.50. The molecular weight excluding hydrogens is 674 g/mol. The molecule has 0 aromatic heterocycles. The number of non-ortho nitro benzene ring substituents is 1. The Morgan fingerprint density at radius 3 is 2.24 bits per heavy atom. The Morgan fingerprint density at radius 2 is 1.68 bits per heavy atom. The predicted octanol–water partition coefficient (Wildman–Crippen LogP) is 5.44. The van der Waals surface area contributed by atoms with Gasteiger partial charge in [0.05, 0.1) is 34.8 Å². The summed E-state index contributed by atoms with van der Waals surface area (Å²) in [5, 5.41) is 35.0. The maximum absolute atomic E-state index is 11.2. The Morgan fingerprint density at radius 1 is 1.03 bits per heavy atom. The average Bonchev–Trinajstić information content (AvgIpc) is 2.78. The van der Waals surface area contributed by atoms with Crippen LogP contribution in [0.2, 0.25) is 0 Å². The molecule has 0 radical (unpaired) electrons. The zero-order chi connectivity index (χ0) is 24.8. The van der Waals surface area contributed by atoms with Crippen LogP contribution in [0.15, 0.2) is 59.7 Å². The van der Waals surface area contributed by atoms with Crippen LogP contribution in [0.1, 0.15) is 21.5 Å². The highest BCUT2D eigenvalue weighted by Gasteiger charge is 2.19. The van der Waals surface area contributed by atoms with Crippen LogP contribution >= 0.6 is 45.2 Å². The first-order valence-electron chi connectivity index (χ1n) is 9.31. The Hall–Kier alpha value is -3.34. The fourth-order valence-corrected chi connectivity index (χ4v) is 4.87. The van der Waals surface area contributed by atoms with E-state index in [-0.39, 0.29) is 17.9 Å². The van der Waals surface area contributed by atoms with Gasteiger partial charge in [0.25, 0.3) is 5.69 Å². The van der Waals surface area contributed by atoms with E-state index in [9.17, 15) is 25.0 Å². The van der Waals surface area contributed by atoms with Crippen LogP contribution in [0.5, 0.6) is 5.75 Å². The highest BCUT2D eigenvalue weighted by atomic mass is 127. The van der Waals surface area contributed by atoms with Gasteiger partial charge >= 0.3 is 11.7 Å². The average molecular weight is 688 g/mol. The number of halogens is 2. The van der Waals surface area contributed by atoms with Gasteiger partial charge in [0, 0.05) is 6.07 Å². The van der Waals surface area contributed by atoms with E-state index < -0.39 is 27.2 Å². The van der Waals surface area contributed by atoms with Crippen LogP contribution in [-0.2, 0) is 6.61 Å². The van der Waals surface area contributed by atoms with Crippen molar-refractivity contribution in [3.63, 3.8) is 0 Å². The van der Waals surface area contributed by atoms with Crippen molar-refractivity contribution < 1.29 is 24.5 Å². The van der Waals surface area contributed by atoms with E-state index in [4.69, 9.17) is 9.84 Å². The number of carboxylic acid groups (broad SMARTS) is 1. The van der Waals surface area contributed by atoms with Crippen molar-refractivity contribution >= 4 is 74.4 Å². The number of hydrogen-bond acceptors (Lipinski definition) is 8. The molecular formula is C21H14I2N4O7. The molecule has 34 heavy (non-hydrogen) atoms. The smallest absolute Gasteiger partial charge is 0.335 e. The molecule has 0 heterocycles. The van der Waals surface area contributed by atoms with Crippen LogP contribution in [-0.4, -0.2) is 27.1 Å². The third-order valence-electron chi connectivity index (χ3n) is 4.39. The normalized spacial score (nSPS) is 10.8. The van der Waals surface area contributed by atoms with E-state index in [1.165, 1.54) is 24.4 Å². The van der Waals surface area contributed by atoms with Gasteiger partial charge in [-0.15, -0.1) is 0 Å². The first-order chi connectivity index (χ1) is 16.2. The molecule has 11 nitrogen and oxygen atoms in total. The minimum absolute atomic E-state index is 0.0186. The quantitative estimate of drug-likeness (QED) is 0.130. The second kappa shape index (κ2) is 11.2. The van der Waals surface area contributed by atoms with Crippen LogP contribution < -0.4 is 10.2 Å². The molecule has 174 valence electrons. The number of nitrogens with one attached hydrogen (secondary N) is 1. The van der Waals surface area contributed by atoms with E-state index in [2.05, 4.69) is 55.7 Å². The van der Waals surface area contributed by atoms with Crippen molar-refractivity contribution in [2.24, 2.45) is 5.10 Å². The third kappa shape index (κ3) is 6.37. The van der Waals surface area contributed by atoms with E-state index in [1.807, 2.05) is 0 Å². The van der Waals surface area contributed by atoms with Gasteiger partial charge in [0.2, 0.25) is 0 Å². The Balaban J connectivity index is 1.70. The maximum atomic E-state index is 11.2. The molecule has 3 aromatic carbocycles. The van der Waals surface area contributed by atoms with Gasteiger partial charge < -0.3 is 9.84 Å². The van der Waals surface area contributed by atoms with Crippen LogP contribution in [0.3, 0.4) is 0 Å². The van der Waals surface area contributed by atoms with Crippen molar-refractivity contribution in [1.82, 2.24) is 0 Å². The lowest BCUT2D eigenvalue weighted by Crippen LogP contribution is -2.02. The molecule has 13 heteroatoms. The van der Waals surface area contributed by atoms with Gasteiger partial charge in [-0.05, 0) is 86.6 Å². The molecule has 0 saturated heterocycles. The SMILES string of the molecule is O=C(O)c1ccc(COc2c(I)cc(/C=N\Nc3ccc([N+](=O)[O-])cc3[N+](=O)[O-])cc2I)cc1. The van der Waals surface area contributed by atoms with Crippen molar-refractivity contribution in [3.8, 4) is 5.75 Å². The molecule has 2 N–H and O–H groups in total. The Kier molecular flexibility index (Phi) is 8.32. The lowest BCUT2D eigenvalue weighted by molar-refractivity contribution is -0.393. The number of hydrogen-bond donors (Lipinski definition) is 2. The van der Waals surface area contributed by atoms with Gasteiger partial charge in [-0.25, -0.2) is 4.79 Å². The summed E-state index contributed by atoms with van der Waals surface area (Å²) in [5.41, 5.74) is 3.43. The number of nitro groups is 2. The maximum Gasteiger partial charge on any atom is 0.335 e. The number of nitrogens with zero attached hydrogens (tertiary/aromatic N) is 3. The molecule has 3 rings (SSSR count). The topological polar surface area (TPSA) is 157 Å². The van der Waals surface area contributed by atoms with Crippen molar-refractivity contribution in [2.45, 2.75) is 6.61 Å². The number of carboxylic acids is 1. The fourth-order valence-electron chi connectivity index (χ4n) is 2.75. The molecule has 3 aromatic rings. The number of ether oxygens (including phenoxy) is 1. The number of rotatable bonds is 9.